The van der Waals surface area contributed by atoms with E-state index in [4.69, 9.17) is 4.74 Å². The highest BCUT2D eigenvalue weighted by Crippen LogP contribution is 2.39. The van der Waals surface area contributed by atoms with Crippen molar-refractivity contribution in [2.75, 3.05) is 12.4 Å². The molecule has 0 radical (unpaired) electrons. The summed E-state index contributed by atoms with van der Waals surface area (Å²) >= 11 is 1.76. The molecule has 0 amide bonds. The number of nitrogens with zero attached hydrogens (tertiary/aromatic N) is 1. The predicted molar refractivity (Wildman–Crippen MR) is 112 cm³/mol. The Labute approximate surface area is 167 Å². The van der Waals surface area contributed by atoms with Gasteiger partial charge in [-0.05, 0) is 69.3 Å². The third kappa shape index (κ3) is 4.46. The molecule has 2 saturated carbocycles. The Bertz CT molecular complexity index is 692. The number of aryl methyl sites for hydroxylation is 1. The lowest BCUT2D eigenvalue weighted by Crippen LogP contribution is -2.47. The second-order valence-electron chi connectivity index (χ2n) is 8.71. The average Bonchev–Trinajstić information content (AvgIpc) is 3.51. The summed E-state index contributed by atoms with van der Waals surface area (Å²) in [4.78, 5) is 13.3. The van der Waals surface area contributed by atoms with Gasteiger partial charge in [0.05, 0.1) is 18.8 Å². The van der Waals surface area contributed by atoms with E-state index in [1.54, 1.807) is 11.9 Å². The minimum atomic E-state index is 0.110. The molecule has 1 N–H and O–H groups in total. The lowest BCUT2D eigenvalue weighted by molar-refractivity contribution is -0.00524. The van der Waals surface area contributed by atoms with Crippen molar-refractivity contribution in [1.29, 1.82) is 0 Å². The van der Waals surface area contributed by atoms with Gasteiger partial charge in [0.2, 0.25) is 0 Å². The monoisotopic (exact) mass is 390 g/mol. The van der Waals surface area contributed by atoms with Crippen LogP contribution in [0.1, 0.15) is 82.0 Å². The predicted octanol–water partition coefficient (Wildman–Crippen LogP) is 4.43. The number of hydrogen-bond donors (Lipinski definition) is 1. The molecule has 1 aromatic rings. The molecule has 5 heteroatoms. The Morgan fingerprint density at radius 3 is 2.63 bits per heavy atom. The van der Waals surface area contributed by atoms with Gasteiger partial charge in [-0.15, -0.1) is 0 Å². The van der Waals surface area contributed by atoms with Crippen LogP contribution < -0.4 is 10.3 Å². The van der Waals surface area contributed by atoms with E-state index in [9.17, 15) is 4.79 Å². The zero-order valence-electron chi connectivity index (χ0n) is 16.8. The molecule has 0 spiro atoms. The Kier molecular flexibility index (Phi) is 6.30. The molecule has 2 fully saturated rings. The van der Waals surface area contributed by atoms with Crippen LogP contribution in [-0.4, -0.2) is 29.1 Å². The Balaban J connectivity index is 1.55. The summed E-state index contributed by atoms with van der Waals surface area (Å²) in [6.45, 7) is 5.16. The van der Waals surface area contributed by atoms with Crippen molar-refractivity contribution >= 4 is 11.9 Å². The highest BCUT2D eigenvalue weighted by atomic mass is 32.2. The molecule has 2 unspecified atom stereocenters. The minimum absolute atomic E-state index is 0.110. The average molecular weight is 391 g/mol. The highest BCUT2D eigenvalue weighted by Gasteiger charge is 2.34. The number of pyridine rings is 1. The van der Waals surface area contributed by atoms with Crippen LogP contribution in [0.25, 0.3) is 0 Å². The van der Waals surface area contributed by atoms with Crippen LogP contribution in [0.15, 0.2) is 16.9 Å². The number of aromatic nitrogens is 1. The molecule has 0 saturated heterocycles. The van der Waals surface area contributed by atoms with Gasteiger partial charge in [0.25, 0.3) is 5.56 Å². The first kappa shape index (κ1) is 19.5. The maximum Gasteiger partial charge on any atom is 0.254 e. The van der Waals surface area contributed by atoms with Crippen molar-refractivity contribution in [3.63, 3.8) is 0 Å². The summed E-state index contributed by atoms with van der Waals surface area (Å²) in [5.41, 5.74) is 2.46. The van der Waals surface area contributed by atoms with Crippen molar-refractivity contribution in [3.8, 4) is 0 Å². The maximum absolute atomic E-state index is 13.3. The van der Waals surface area contributed by atoms with Gasteiger partial charge in [0, 0.05) is 23.1 Å². The van der Waals surface area contributed by atoms with E-state index in [0.29, 0.717) is 24.7 Å². The van der Waals surface area contributed by atoms with Gasteiger partial charge in [-0.2, -0.15) is 0 Å². The fourth-order valence-electron chi connectivity index (χ4n) is 4.70. The van der Waals surface area contributed by atoms with Crippen LogP contribution in [0.5, 0.6) is 0 Å². The molecule has 4 nitrogen and oxygen atoms in total. The van der Waals surface area contributed by atoms with Crippen molar-refractivity contribution in [2.24, 2.45) is 5.92 Å². The molecule has 1 aromatic heterocycles. The van der Waals surface area contributed by atoms with E-state index in [0.717, 1.165) is 30.1 Å². The van der Waals surface area contributed by atoms with Crippen LogP contribution in [0.4, 0.5) is 0 Å². The molecule has 2 aliphatic carbocycles. The Hall–Kier alpha value is -0.780. The van der Waals surface area contributed by atoms with Crippen LogP contribution in [-0.2, 0) is 11.2 Å². The molecular formula is C22H34N2O2S. The summed E-state index contributed by atoms with van der Waals surface area (Å²) in [6.07, 6.45) is 9.63. The third-order valence-corrected chi connectivity index (χ3v) is 7.36. The molecule has 2 atom stereocenters. The normalized spacial score (nSPS) is 30.9. The number of ether oxygens (including phenoxy) is 1. The third-order valence-electron chi connectivity index (χ3n) is 6.60. The first-order chi connectivity index (χ1) is 13.2. The molecule has 150 valence electrons. The van der Waals surface area contributed by atoms with Gasteiger partial charge < -0.3 is 9.30 Å². The lowest BCUT2D eigenvalue weighted by Gasteiger charge is -2.37. The van der Waals surface area contributed by atoms with Crippen molar-refractivity contribution < 1.29 is 4.74 Å². The van der Waals surface area contributed by atoms with Crippen molar-refractivity contribution in [2.45, 2.75) is 89.3 Å². The van der Waals surface area contributed by atoms with Crippen LogP contribution in [0.3, 0.4) is 0 Å². The SMILES string of the molecule is CCSNC1CCc2ccc(C3CC3)c(=O)n2C1COC1CCC(C)CC1. The Morgan fingerprint density at radius 1 is 1.15 bits per heavy atom. The summed E-state index contributed by atoms with van der Waals surface area (Å²) in [5, 5.41) is 0. The molecular weight excluding hydrogens is 356 g/mol. The number of rotatable bonds is 7. The van der Waals surface area contributed by atoms with E-state index >= 15 is 0 Å². The first-order valence-corrected chi connectivity index (χ1v) is 11.9. The highest BCUT2D eigenvalue weighted by molar-refractivity contribution is 7.97. The van der Waals surface area contributed by atoms with E-state index < -0.39 is 0 Å². The molecule has 2 heterocycles. The molecule has 0 aromatic carbocycles. The fraction of sp³-hybridized carbons (Fsp3) is 0.773. The summed E-state index contributed by atoms with van der Waals surface area (Å²) < 4.78 is 12.1. The van der Waals surface area contributed by atoms with Crippen LogP contribution in [0, 0.1) is 5.92 Å². The topological polar surface area (TPSA) is 43.3 Å². The molecule has 27 heavy (non-hydrogen) atoms. The zero-order chi connectivity index (χ0) is 18.8. The van der Waals surface area contributed by atoms with Gasteiger partial charge in [0.15, 0.2) is 0 Å². The smallest absolute Gasteiger partial charge is 0.254 e. The zero-order valence-corrected chi connectivity index (χ0v) is 17.6. The summed E-state index contributed by atoms with van der Waals surface area (Å²) in [5.74, 6) is 2.36. The fourth-order valence-corrected chi connectivity index (χ4v) is 5.36. The maximum atomic E-state index is 13.3. The van der Waals surface area contributed by atoms with E-state index in [1.807, 2.05) is 0 Å². The van der Waals surface area contributed by atoms with Gasteiger partial charge in [-0.3, -0.25) is 9.52 Å². The quantitative estimate of drug-likeness (QED) is 0.699. The van der Waals surface area contributed by atoms with Crippen molar-refractivity contribution in [3.05, 3.63) is 33.7 Å². The van der Waals surface area contributed by atoms with Gasteiger partial charge >= 0.3 is 0 Å². The first-order valence-electron chi connectivity index (χ1n) is 10.9. The standard InChI is InChI=1S/C22H34N2O2S/c1-3-27-23-20-13-9-17-8-12-19(16-6-7-16)22(25)24(17)21(20)14-26-18-10-4-15(2)5-11-18/h8,12,15-16,18,20-21,23H,3-7,9-11,13-14H2,1-2H3. The van der Waals surface area contributed by atoms with Crippen LogP contribution >= 0.6 is 11.9 Å². The van der Waals surface area contributed by atoms with Gasteiger partial charge in [-0.25, -0.2) is 0 Å². The van der Waals surface area contributed by atoms with E-state index in [1.165, 1.54) is 44.2 Å². The second kappa shape index (κ2) is 8.71. The van der Waals surface area contributed by atoms with Crippen LogP contribution in [0.2, 0.25) is 0 Å². The van der Waals surface area contributed by atoms with E-state index in [-0.39, 0.29) is 11.6 Å². The number of hydrogen-bond acceptors (Lipinski definition) is 4. The molecule has 3 aliphatic rings. The van der Waals surface area contributed by atoms with Gasteiger partial charge in [-0.1, -0.05) is 31.9 Å². The van der Waals surface area contributed by atoms with Crippen molar-refractivity contribution in [1.82, 2.24) is 9.29 Å². The molecule has 4 rings (SSSR count). The lowest BCUT2D eigenvalue weighted by atomic mass is 9.89. The van der Waals surface area contributed by atoms with E-state index in [2.05, 4.69) is 35.3 Å². The largest absolute Gasteiger partial charge is 0.376 e. The summed E-state index contributed by atoms with van der Waals surface area (Å²) in [6, 6.07) is 4.71. The second-order valence-corrected chi connectivity index (χ2v) is 9.81. The summed E-state index contributed by atoms with van der Waals surface area (Å²) in [7, 11) is 0. The number of nitrogens with one attached hydrogen (secondary N) is 1. The Morgan fingerprint density at radius 2 is 1.93 bits per heavy atom. The van der Waals surface area contributed by atoms with Gasteiger partial charge in [0.1, 0.15) is 0 Å². The number of fused-ring (bicyclic) bond motifs is 1. The molecule has 1 aliphatic heterocycles. The molecule has 0 bridgehead atoms. The minimum Gasteiger partial charge on any atom is -0.376 e.